The number of rotatable bonds is 5. The first kappa shape index (κ1) is 20.7. The van der Waals surface area contributed by atoms with E-state index < -0.39 is 11.9 Å². The number of amides is 3. The Morgan fingerprint density at radius 3 is 2.43 bits per heavy atom. The molecule has 0 bridgehead atoms. The Labute approximate surface area is 175 Å². The normalized spacial score (nSPS) is 25.1. The maximum absolute atomic E-state index is 13.0. The van der Waals surface area contributed by atoms with E-state index in [1.807, 2.05) is 19.1 Å². The van der Waals surface area contributed by atoms with Crippen molar-refractivity contribution >= 4 is 23.5 Å². The molecule has 2 unspecified atom stereocenters. The Morgan fingerprint density at radius 1 is 1.10 bits per heavy atom. The molecular formula is C21H28N4O5. The van der Waals surface area contributed by atoms with Gasteiger partial charge in [-0.3, -0.25) is 19.7 Å². The van der Waals surface area contributed by atoms with Gasteiger partial charge in [0.25, 0.3) is 5.91 Å². The molecule has 2 saturated heterocycles. The molecule has 3 amide bonds. The lowest BCUT2D eigenvalue weighted by Gasteiger charge is -2.35. The molecule has 162 valence electrons. The Morgan fingerprint density at radius 2 is 1.80 bits per heavy atom. The number of nitrogens with one attached hydrogen (secondary N) is 1. The van der Waals surface area contributed by atoms with Gasteiger partial charge < -0.3 is 19.3 Å². The molecule has 0 spiro atoms. The van der Waals surface area contributed by atoms with Crippen molar-refractivity contribution in [2.75, 3.05) is 32.2 Å². The summed E-state index contributed by atoms with van der Waals surface area (Å²) in [7, 11) is 3.32. The number of pyridine rings is 1. The highest BCUT2D eigenvalue weighted by Gasteiger charge is 2.44. The number of hydrogen-bond acceptors (Lipinski definition) is 7. The van der Waals surface area contributed by atoms with Crippen molar-refractivity contribution in [3.8, 4) is 0 Å². The average Bonchev–Trinajstić information content (AvgIpc) is 2.99. The summed E-state index contributed by atoms with van der Waals surface area (Å²) in [5.41, 5.74) is 1.22. The number of piperidine rings is 2. The van der Waals surface area contributed by atoms with Crippen LogP contribution in [0.4, 0.5) is 5.82 Å². The lowest BCUT2D eigenvalue weighted by Crippen LogP contribution is -2.53. The molecule has 1 N–H and O–H groups in total. The average molecular weight is 416 g/mol. The molecule has 9 heteroatoms. The minimum absolute atomic E-state index is 0.195. The van der Waals surface area contributed by atoms with E-state index in [0.29, 0.717) is 23.6 Å². The maximum atomic E-state index is 13.0. The molecule has 3 aliphatic rings. The van der Waals surface area contributed by atoms with Crippen LogP contribution in [0.15, 0.2) is 12.1 Å². The first-order chi connectivity index (χ1) is 14.4. The molecule has 30 heavy (non-hydrogen) atoms. The van der Waals surface area contributed by atoms with Gasteiger partial charge in [0, 0.05) is 39.6 Å². The summed E-state index contributed by atoms with van der Waals surface area (Å²) < 4.78 is 10.8. The fourth-order valence-corrected chi connectivity index (χ4v) is 4.83. The third kappa shape index (κ3) is 3.56. The summed E-state index contributed by atoms with van der Waals surface area (Å²) in [5.74, 6) is 0.277. The number of ether oxygens (including phenoxy) is 2. The highest BCUT2D eigenvalue weighted by molar-refractivity contribution is 6.05. The Bertz CT molecular complexity index is 848. The fourth-order valence-electron chi connectivity index (χ4n) is 4.83. The van der Waals surface area contributed by atoms with Gasteiger partial charge in [0.1, 0.15) is 11.9 Å². The van der Waals surface area contributed by atoms with Crippen LogP contribution in [0.2, 0.25) is 0 Å². The van der Waals surface area contributed by atoms with Crippen LogP contribution in [0.3, 0.4) is 0 Å². The Balaban J connectivity index is 1.49. The van der Waals surface area contributed by atoms with Crippen molar-refractivity contribution in [2.45, 2.75) is 51.0 Å². The molecule has 0 aliphatic carbocycles. The van der Waals surface area contributed by atoms with E-state index in [2.05, 4.69) is 10.2 Å². The van der Waals surface area contributed by atoms with Gasteiger partial charge in [0.2, 0.25) is 11.8 Å². The first-order valence-corrected chi connectivity index (χ1v) is 10.4. The molecule has 0 aromatic carbocycles. The van der Waals surface area contributed by atoms with Gasteiger partial charge in [-0.1, -0.05) is 0 Å². The number of carbonyl (C=O) groups excluding carboxylic acids is 3. The highest BCUT2D eigenvalue weighted by atomic mass is 16.7. The Hall–Kier alpha value is -2.52. The monoisotopic (exact) mass is 416 g/mol. The molecule has 2 fully saturated rings. The van der Waals surface area contributed by atoms with E-state index in [-0.39, 0.29) is 30.6 Å². The fraction of sp³-hybridized carbons (Fsp3) is 0.619. The standard InChI is InChI=1S/C21H28N4O5/c1-12-18-14(20(28)25(12)15-5-7-17(26)23-19(15)27)4-6-16(22-18)24-10-8-13(9-11-24)21(29-2)30-3/h4,6,12-13,15,21H,5,7-11H2,1-3H3,(H,23,26,27). The zero-order valence-corrected chi connectivity index (χ0v) is 17.6. The number of methoxy groups -OCH3 is 2. The highest BCUT2D eigenvalue weighted by Crippen LogP contribution is 2.37. The number of nitrogens with zero attached hydrogens (tertiary/aromatic N) is 3. The quantitative estimate of drug-likeness (QED) is 0.569. The van der Waals surface area contributed by atoms with E-state index in [1.54, 1.807) is 19.1 Å². The van der Waals surface area contributed by atoms with E-state index >= 15 is 0 Å². The van der Waals surface area contributed by atoms with Gasteiger partial charge in [-0.15, -0.1) is 0 Å². The maximum Gasteiger partial charge on any atom is 0.257 e. The van der Waals surface area contributed by atoms with Crippen molar-refractivity contribution in [3.05, 3.63) is 23.4 Å². The topological polar surface area (TPSA) is 101 Å². The zero-order valence-electron chi connectivity index (χ0n) is 17.6. The second kappa shape index (κ2) is 8.31. The largest absolute Gasteiger partial charge is 0.357 e. The van der Waals surface area contributed by atoms with Crippen LogP contribution < -0.4 is 10.2 Å². The molecule has 1 aromatic heterocycles. The van der Waals surface area contributed by atoms with Gasteiger partial charge in [0.15, 0.2) is 6.29 Å². The van der Waals surface area contributed by atoms with Crippen molar-refractivity contribution < 1.29 is 23.9 Å². The van der Waals surface area contributed by atoms with Crippen LogP contribution in [0.1, 0.15) is 54.7 Å². The minimum Gasteiger partial charge on any atom is -0.357 e. The molecule has 4 heterocycles. The van der Waals surface area contributed by atoms with Crippen LogP contribution in [0.5, 0.6) is 0 Å². The summed E-state index contributed by atoms with van der Waals surface area (Å²) >= 11 is 0. The van der Waals surface area contributed by atoms with Crippen LogP contribution >= 0.6 is 0 Å². The van der Waals surface area contributed by atoms with Crippen LogP contribution in [-0.2, 0) is 19.1 Å². The summed E-state index contributed by atoms with van der Waals surface area (Å²) in [5, 5.41) is 2.34. The second-order valence-corrected chi connectivity index (χ2v) is 8.12. The van der Waals surface area contributed by atoms with Crippen LogP contribution in [0, 0.1) is 5.92 Å². The predicted octanol–water partition coefficient (Wildman–Crippen LogP) is 1.24. The number of imide groups is 1. The number of hydrogen-bond donors (Lipinski definition) is 1. The third-order valence-electron chi connectivity index (χ3n) is 6.45. The zero-order chi connectivity index (χ0) is 21.4. The van der Waals surface area contributed by atoms with E-state index in [9.17, 15) is 14.4 Å². The predicted molar refractivity (Wildman–Crippen MR) is 108 cm³/mol. The van der Waals surface area contributed by atoms with Gasteiger partial charge in [-0.25, -0.2) is 4.98 Å². The lowest BCUT2D eigenvalue weighted by atomic mass is 9.96. The number of aromatic nitrogens is 1. The minimum atomic E-state index is -0.640. The number of carbonyl (C=O) groups is 3. The van der Waals surface area contributed by atoms with E-state index in [4.69, 9.17) is 14.5 Å². The Kier molecular flexibility index (Phi) is 5.75. The van der Waals surface area contributed by atoms with E-state index in [1.165, 1.54) is 0 Å². The molecule has 0 saturated carbocycles. The van der Waals surface area contributed by atoms with E-state index in [0.717, 1.165) is 31.7 Å². The van der Waals surface area contributed by atoms with Crippen LogP contribution in [-0.4, -0.2) is 67.2 Å². The van der Waals surface area contributed by atoms with Gasteiger partial charge >= 0.3 is 0 Å². The molecule has 1 aromatic rings. The summed E-state index contributed by atoms with van der Waals surface area (Å²) in [6.07, 6.45) is 2.25. The van der Waals surface area contributed by atoms with Gasteiger partial charge in [-0.2, -0.15) is 0 Å². The van der Waals surface area contributed by atoms with Crippen molar-refractivity contribution in [1.29, 1.82) is 0 Å². The molecule has 3 aliphatic heterocycles. The van der Waals surface area contributed by atoms with Crippen molar-refractivity contribution in [3.63, 3.8) is 0 Å². The SMILES string of the molecule is COC(OC)C1CCN(c2ccc3c(n2)C(C)N(C2CCC(=O)NC2=O)C3=O)CC1. The smallest absolute Gasteiger partial charge is 0.257 e. The summed E-state index contributed by atoms with van der Waals surface area (Å²) in [6, 6.07) is 2.72. The molecule has 4 rings (SSSR count). The second-order valence-electron chi connectivity index (χ2n) is 8.12. The summed E-state index contributed by atoms with van der Waals surface area (Å²) in [4.78, 5) is 45.3. The molecule has 9 nitrogen and oxygen atoms in total. The van der Waals surface area contributed by atoms with Crippen LogP contribution in [0.25, 0.3) is 0 Å². The number of fused-ring (bicyclic) bond motifs is 1. The van der Waals surface area contributed by atoms with Crippen molar-refractivity contribution in [2.24, 2.45) is 5.92 Å². The third-order valence-corrected chi connectivity index (χ3v) is 6.45. The molecular weight excluding hydrogens is 388 g/mol. The van der Waals surface area contributed by atoms with Gasteiger partial charge in [-0.05, 0) is 38.3 Å². The van der Waals surface area contributed by atoms with Gasteiger partial charge in [0.05, 0.1) is 17.3 Å². The number of anilines is 1. The molecule has 0 radical (unpaired) electrons. The molecule has 2 atom stereocenters. The summed E-state index contributed by atoms with van der Waals surface area (Å²) in [6.45, 7) is 3.55. The lowest BCUT2D eigenvalue weighted by molar-refractivity contribution is -0.141. The van der Waals surface area contributed by atoms with Crippen molar-refractivity contribution in [1.82, 2.24) is 15.2 Å². The first-order valence-electron chi connectivity index (χ1n) is 10.4.